The fourth-order valence-electron chi connectivity index (χ4n) is 3.65. The van der Waals surface area contributed by atoms with Crippen LogP contribution < -0.4 is 10.6 Å². The molecule has 4 rings (SSSR count). The molecule has 4 heteroatoms. The molecule has 0 bridgehead atoms. The number of rotatable bonds is 3. The summed E-state index contributed by atoms with van der Waals surface area (Å²) in [6, 6.07) is 6.26. The summed E-state index contributed by atoms with van der Waals surface area (Å²) < 4.78 is 5.81. The van der Waals surface area contributed by atoms with Crippen LogP contribution in [0.5, 0.6) is 0 Å². The number of hydrogen-bond acceptors (Lipinski definition) is 3. The largest absolute Gasteiger partial charge is 0.376 e. The number of ether oxygens (including phenoxy) is 1. The van der Waals surface area contributed by atoms with Gasteiger partial charge < -0.3 is 15.4 Å². The Morgan fingerprint density at radius 2 is 2.19 bits per heavy atom. The van der Waals surface area contributed by atoms with Crippen LogP contribution in [0.15, 0.2) is 18.2 Å². The second-order valence-corrected chi connectivity index (χ2v) is 6.41. The molecule has 0 radical (unpaired) electrons. The SMILES string of the molecule is O=C(NC1CCOC1C1CC1)c1cccc2c1CCNC2. The zero-order chi connectivity index (χ0) is 14.2. The molecule has 2 N–H and O–H groups in total. The molecule has 1 saturated heterocycles. The van der Waals surface area contributed by atoms with E-state index in [1.807, 2.05) is 12.1 Å². The lowest BCUT2D eigenvalue weighted by atomic mass is 9.94. The lowest BCUT2D eigenvalue weighted by molar-refractivity contribution is 0.0729. The Morgan fingerprint density at radius 1 is 1.29 bits per heavy atom. The third kappa shape index (κ3) is 2.58. The molecule has 112 valence electrons. The summed E-state index contributed by atoms with van der Waals surface area (Å²) in [5.41, 5.74) is 3.33. The number of carbonyl (C=O) groups excluding carboxylic acids is 1. The highest BCUT2D eigenvalue weighted by Gasteiger charge is 2.41. The van der Waals surface area contributed by atoms with E-state index in [1.165, 1.54) is 24.0 Å². The van der Waals surface area contributed by atoms with Gasteiger partial charge in [-0.25, -0.2) is 0 Å². The van der Waals surface area contributed by atoms with Crippen molar-refractivity contribution in [3.05, 3.63) is 34.9 Å². The Bertz CT molecular complexity index is 554. The lowest BCUT2D eigenvalue weighted by Gasteiger charge is -2.23. The molecule has 2 fully saturated rings. The van der Waals surface area contributed by atoms with E-state index < -0.39 is 0 Å². The summed E-state index contributed by atoms with van der Waals surface area (Å²) >= 11 is 0. The highest BCUT2D eigenvalue weighted by molar-refractivity contribution is 5.96. The third-order valence-corrected chi connectivity index (χ3v) is 4.92. The predicted molar refractivity (Wildman–Crippen MR) is 80.2 cm³/mol. The van der Waals surface area contributed by atoms with Crippen LogP contribution in [0.1, 0.15) is 40.7 Å². The molecule has 0 spiro atoms. The average Bonchev–Trinajstić information content (AvgIpc) is 3.26. The van der Waals surface area contributed by atoms with Crippen LogP contribution in [0, 0.1) is 5.92 Å². The van der Waals surface area contributed by atoms with E-state index in [0.717, 1.165) is 38.1 Å². The summed E-state index contributed by atoms with van der Waals surface area (Å²) in [4.78, 5) is 12.7. The first-order chi connectivity index (χ1) is 10.3. The van der Waals surface area contributed by atoms with Gasteiger partial charge in [0, 0.05) is 18.7 Å². The van der Waals surface area contributed by atoms with E-state index in [4.69, 9.17) is 4.74 Å². The number of carbonyl (C=O) groups is 1. The Morgan fingerprint density at radius 3 is 3.05 bits per heavy atom. The van der Waals surface area contributed by atoms with Gasteiger partial charge in [-0.15, -0.1) is 0 Å². The van der Waals surface area contributed by atoms with E-state index in [9.17, 15) is 4.79 Å². The first-order valence-corrected chi connectivity index (χ1v) is 8.07. The molecular weight excluding hydrogens is 264 g/mol. The number of benzene rings is 1. The van der Waals surface area contributed by atoms with Gasteiger partial charge in [0.05, 0.1) is 12.1 Å². The summed E-state index contributed by atoms with van der Waals surface area (Å²) in [5.74, 6) is 0.751. The van der Waals surface area contributed by atoms with Crippen LogP contribution in [0.4, 0.5) is 0 Å². The molecule has 0 aromatic heterocycles. The van der Waals surface area contributed by atoms with Crippen LogP contribution in [0.25, 0.3) is 0 Å². The molecule has 2 unspecified atom stereocenters. The molecule has 2 aliphatic heterocycles. The number of nitrogens with one attached hydrogen (secondary N) is 2. The van der Waals surface area contributed by atoms with Crippen molar-refractivity contribution in [1.82, 2.24) is 10.6 Å². The number of amides is 1. The maximum absolute atomic E-state index is 12.7. The molecular formula is C17H22N2O2. The first kappa shape index (κ1) is 13.3. The second-order valence-electron chi connectivity index (χ2n) is 6.41. The molecule has 21 heavy (non-hydrogen) atoms. The molecule has 1 saturated carbocycles. The molecule has 4 nitrogen and oxygen atoms in total. The monoisotopic (exact) mass is 286 g/mol. The van der Waals surface area contributed by atoms with Gasteiger partial charge in [-0.3, -0.25) is 4.79 Å². The molecule has 1 amide bonds. The lowest BCUT2D eigenvalue weighted by Crippen LogP contribution is -2.42. The van der Waals surface area contributed by atoms with Gasteiger partial charge in [-0.05, 0) is 55.3 Å². The van der Waals surface area contributed by atoms with Crippen molar-refractivity contribution >= 4 is 5.91 Å². The van der Waals surface area contributed by atoms with Gasteiger partial charge in [0.15, 0.2) is 0 Å². The highest BCUT2D eigenvalue weighted by atomic mass is 16.5. The zero-order valence-corrected chi connectivity index (χ0v) is 12.2. The van der Waals surface area contributed by atoms with Crippen molar-refractivity contribution in [3.63, 3.8) is 0 Å². The first-order valence-electron chi connectivity index (χ1n) is 8.07. The van der Waals surface area contributed by atoms with Crippen molar-refractivity contribution < 1.29 is 9.53 Å². The highest BCUT2D eigenvalue weighted by Crippen LogP contribution is 2.38. The van der Waals surface area contributed by atoms with Gasteiger partial charge in [-0.1, -0.05) is 12.1 Å². The minimum absolute atomic E-state index is 0.0786. The minimum Gasteiger partial charge on any atom is -0.376 e. The number of hydrogen-bond donors (Lipinski definition) is 2. The fraction of sp³-hybridized carbons (Fsp3) is 0.588. The average molecular weight is 286 g/mol. The number of fused-ring (bicyclic) bond motifs is 1. The Balaban J connectivity index is 1.52. The quantitative estimate of drug-likeness (QED) is 0.888. The molecule has 1 aromatic carbocycles. The fourth-order valence-corrected chi connectivity index (χ4v) is 3.65. The van der Waals surface area contributed by atoms with Crippen molar-refractivity contribution in [2.75, 3.05) is 13.2 Å². The topological polar surface area (TPSA) is 50.4 Å². The van der Waals surface area contributed by atoms with Crippen molar-refractivity contribution in [1.29, 1.82) is 0 Å². The molecule has 2 atom stereocenters. The van der Waals surface area contributed by atoms with E-state index in [-0.39, 0.29) is 18.1 Å². The molecule has 2 heterocycles. The van der Waals surface area contributed by atoms with Crippen LogP contribution in [-0.4, -0.2) is 31.2 Å². The van der Waals surface area contributed by atoms with Gasteiger partial charge >= 0.3 is 0 Å². The maximum Gasteiger partial charge on any atom is 0.251 e. The van der Waals surface area contributed by atoms with Crippen LogP contribution in [-0.2, 0) is 17.7 Å². The molecule has 3 aliphatic rings. The maximum atomic E-state index is 12.7. The van der Waals surface area contributed by atoms with E-state index >= 15 is 0 Å². The second kappa shape index (κ2) is 5.43. The Hall–Kier alpha value is -1.39. The van der Waals surface area contributed by atoms with E-state index in [2.05, 4.69) is 16.7 Å². The smallest absolute Gasteiger partial charge is 0.251 e. The van der Waals surface area contributed by atoms with Crippen LogP contribution in [0.3, 0.4) is 0 Å². The minimum atomic E-state index is 0.0786. The standard InChI is InChI=1S/C17H22N2O2/c20-17(19-15-7-9-21-16(15)11-4-5-11)14-3-1-2-12-10-18-8-6-13(12)14/h1-3,11,15-16,18H,4-10H2,(H,19,20). The Labute approximate surface area is 125 Å². The van der Waals surface area contributed by atoms with Crippen molar-refractivity contribution in [3.8, 4) is 0 Å². The van der Waals surface area contributed by atoms with Gasteiger partial charge in [-0.2, -0.15) is 0 Å². The summed E-state index contributed by atoms with van der Waals surface area (Å²) in [5, 5.41) is 6.59. The summed E-state index contributed by atoms with van der Waals surface area (Å²) in [6.45, 7) is 2.60. The van der Waals surface area contributed by atoms with E-state index in [1.54, 1.807) is 0 Å². The van der Waals surface area contributed by atoms with Gasteiger partial charge in [0.25, 0.3) is 5.91 Å². The molecule has 1 aromatic rings. The third-order valence-electron chi connectivity index (χ3n) is 4.92. The van der Waals surface area contributed by atoms with Crippen LogP contribution in [0.2, 0.25) is 0 Å². The van der Waals surface area contributed by atoms with Gasteiger partial charge in [0.2, 0.25) is 0 Å². The van der Waals surface area contributed by atoms with E-state index in [0.29, 0.717) is 5.92 Å². The predicted octanol–water partition coefficient (Wildman–Crippen LogP) is 1.63. The summed E-state index contributed by atoms with van der Waals surface area (Å²) in [6.07, 6.45) is 4.64. The van der Waals surface area contributed by atoms with Gasteiger partial charge in [0.1, 0.15) is 0 Å². The van der Waals surface area contributed by atoms with Crippen molar-refractivity contribution in [2.45, 2.75) is 44.4 Å². The normalized spacial score (nSPS) is 28.2. The molecule has 1 aliphatic carbocycles. The Kier molecular flexibility index (Phi) is 3.43. The summed E-state index contributed by atoms with van der Waals surface area (Å²) in [7, 11) is 0. The zero-order valence-electron chi connectivity index (χ0n) is 12.2. The van der Waals surface area contributed by atoms with Crippen molar-refractivity contribution in [2.24, 2.45) is 5.92 Å². The van der Waals surface area contributed by atoms with Crippen LogP contribution >= 0.6 is 0 Å².